The van der Waals surface area contributed by atoms with E-state index in [-0.39, 0.29) is 5.75 Å². The average molecular weight is 544 g/mol. The first-order valence-corrected chi connectivity index (χ1v) is 14.9. The first-order chi connectivity index (χ1) is 18.4. The number of fused-ring (bicyclic) bond motifs is 4. The number of ether oxygens (including phenoxy) is 1. The lowest BCUT2D eigenvalue weighted by Gasteiger charge is -2.11. The summed E-state index contributed by atoms with van der Waals surface area (Å²) in [7, 11) is -1.97. The van der Waals surface area contributed by atoms with Gasteiger partial charge in [-0.25, -0.2) is 0 Å². The lowest BCUT2D eigenvalue weighted by molar-refractivity contribution is -0.668. The van der Waals surface area contributed by atoms with Crippen molar-refractivity contribution >= 4 is 54.2 Å². The van der Waals surface area contributed by atoms with Crippen molar-refractivity contribution in [1.29, 1.82) is 0 Å². The van der Waals surface area contributed by atoms with E-state index in [1.807, 2.05) is 43.4 Å². The molecule has 0 radical (unpaired) electrons. The molecule has 0 saturated carbocycles. The smallest absolute Gasteiger partial charge is 0.268 e. The fourth-order valence-corrected chi connectivity index (χ4v) is 6.66. The Kier molecular flexibility index (Phi) is 6.39. The summed E-state index contributed by atoms with van der Waals surface area (Å²) in [6.45, 7) is 0.622. The fraction of sp³-hybridized carbons (Fsp3) is 0.167. The normalized spacial score (nSPS) is 14.4. The molecule has 0 spiro atoms. The van der Waals surface area contributed by atoms with Crippen molar-refractivity contribution in [2.45, 2.75) is 19.4 Å². The standard InChI is InChI=1S/C30H26N2O4S2/c1-31-25-19-23(21-9-3-2-4-10-21)13-15-26(25)36-28(31)20-29-32(17-7-8-18-38(33,34)35)30-24-12-6-5-11-22(24)14-16-27(30)37-29/h2-6,9-16,19-20H,7-8,17-18H2,1H3/p+1. The summed E-state index contributed by atoms with van der Waals surface area (Å²) in [5.41, 5.74) is 4.41. The molecule has 6 rings (SSSR count). The van der Waals surface area contributed by atoms with Crippen LogP contribution in [-0.4, -0.2) is 25.8 Å². The summed E-state index contributed by atoms with van der Waals surface area (Å²) in [6.07, 6.45) is 3.06. The summed E-state index contributed by atoms with van der Waals surface area (Å²) in [6, 6.07) is 29.1. The third-order valence-corrected chi connectivity index (χ3v) is 8.77. The summed E-state index contributed by atoms with van der Waals surface area (Å²) in [5.74, 6) is 1.30. The minimum atomic E-state index is -3.98. The molecule has 1 aliphatic rings. The molecular weight excluding hydrogens is 516 g/mol. The molecule has 6 nitrogen and oxygen atoms in total. The van der Waals surface area contributed by atoms with Crippen LogP contribution < -0.4 is 14.2 Å². The van der Waals surface area contributed by atoms with E-state index in [9.17, 15) is 13.0 Å². The van der Waals surface area contributed by atoms with Crippen LogP contribution in [0.15, 0.2) is 90.8 Å². The van der Waals surface area contributed by atoms with Gasteiger partial charge in [-0.15, -0.1) is 0 Å². The van der Waals surface area contributed by atoms with Crippen molar-refractivity contribution < 1.29 is 22.3 Å². The zero-order valence-electron chi connectivity index (χ0n) is 20.9. The maximum absolute atomic E-state index is 11.3. The molecule has 38 heavy (non-hydrogen) atoms. The number of thiazole rings is 1. The van der Waals surface area contributed by atoms with E-state index in [0.717, 1.165) is 54.4 Å². The Bertz CT molecular complexity index is 1790. The summed E-state index contributed by atoms with van der Waals surface area (Å²) in [4.78, 5) is 2.06. The zero-order chi connectivity index (χ0) is 26.3. The van der Waals surface area contributed by atoms with E-state index in [0.29, 0.717) is 19.4 Å². The van der Waals surface area contributed by atoms with E-state index in [1.54, 1.807) is 11.3 Å². The Morgan fingerprint density at radius 3 is 2.55 bits per heavy atom. The molecule has 2 heterocycles. The maximum atomic E-state index is 11.3. The van der Waals surface area contributed by atoms with Crippen LogP contribution in [0.1, 0.15) is 17.8 Å². The molecule has 5 aromatic rings. The summed E-state index contributed by atoms with van der Waals surface area (Å²) in [5, 5.41) is 3.32. The van der Waals surface area contributed by atoms with Crippen molar-refractivity contribution in [1.82, 2.24) is 0 Å². The maximum Gasteiger partial charge on any atom is 0.268 e. The van der Waals surface area contributed by atoms with Crippen molar-refractivity contribution in [3.8, 4) is 16.9 Å². The van der Waals surface area contributed by atoms with E-state index in [1.165, 1.54) is 0 Å². The third kappa shape index (κ3) is 4.78. The van der Waals surface area contributed by atoms with Crippen LogP contribution in [0.5, 0.6) is 5.75 Å². The Hall–Kier alpha value is -3.72. The highest BCUT2D eigenvalue weighted by molar-refractivity contribution is 7.85. The van der Waals surface area contributed by atoms with E-state index >= 15 is 0 Å². The summed E-state index contributed by atoms with van der Waals surface area (Å²) >= 11 is 1.68. The molecule has 0 saturated heterocycles. The number of benzene rings is 4. The molecule has 0 amide bonds. The van der Waals surface area contributed by atoms with Gasteiger partial charge < -0.3 is 9.64 Å². The van der Waals surface area contributed by atoms with Crippen LogP contribution in [0.2, 0.25) is 0 Å². The second kappa shape index (κ2) is 9.87. The highest BCUT2D eigenvalue weighted by Gasteiger charge is 2.28. The minimum Gasteiger partial charge on any atom is -0.438 e. The molecule has 0 atom stereocenters. The number of aromatic nitrogens is 1. The number of rotatable bonds is 7. The Morgan fingerprint density at radius 2 is 1.74 bits per heavy atom. The van der Waals surface area contributed by atoms with E-state index in [2.05, 4.69) is 64.1 Å². The SMILES string of the molecule is CN1C(=Cc2sc3ccc4ccccc4c3[n+]2CCCCS(=O)(=O)O)Oc2ccc(-c3ccccc3)cc21. The molecule has 0 aliphatic carbocycles. The van der Waals surface area contributed by atoms with E-state index < -0.39 is 10.1 Å². The van der Waals surface area contributed by atoms with Crippen molar-refractivity contribution in [2.75, 3.05) is 17.7 Å². The quantitative estimate of drug-likeness (QED) is 0.144. The van der Waals surface area contributed by atoms with E-state index in [4.69, 9.17) is 4.74 Å². The number of unbranched alkanes of at least 4 members (excludes halogenated alkanes) is 1. The Labute approximate surface area is 225 Å². The number of nitrogens with zero attached hydrogens (tertiary/aromatic N) is 2. The Morgan fingerprint density at radius 1 is 0.947 bits per heavy atom. The largest absolute Gasteiger partial charge is 0.438 e. The van der Waals surface area contributed by atoms with Crippen molar-refractivity contribution in [2.24, 2.45) is 0 Å². The zero-order valence-corrected chi connectivity index (χ0v) is 22.5. The van der Waals surface area contributed by atoms with Gasteiger partial charge in [-0.1, -0.05) is 72.0 Å². The van der Waals surface area contributed by atoms with Crippen molar-refractivity contribution in [3.05, 3.63) is 95.8 Å². The molecule has 4 aromatic carbocycles. The average Bonchev–Trinajstić information content (AvgIpc) is 3.43. The lowest BCUT2D eigenvalue weighted by Crippen LogP contribution is -2.35. The summed E-state index contributed by atoms with van der Waals surface area (Å²) < 4.78 is 41.4. The van der Waals surface area contributed by atoms with Gasteiger partial charge in [0.15, 0.2) is 12.3 Å². The van der Waals surface area contributed by atoms with Gasteiger partial charge in [0.25, 0.3) is 15.1 Å². The lowest BCUT2D eigenvalue weighted by atomic mass is 10.0. The molecular formula is C30H27N2O4S2+. The second-order valence-corrected chi connectivity index (χ2v) is 12.0. The predicted octanol–water partition coefficient (Wildman–Crippen LogP) is 6.50. The fourth-order valence-electron chi connectivity index (χ4n) is 4.97. The number of hydrogen-bond donors (Lipinski definition) is 1. The number of anilines is 1. The van der Waals surface area contributed by atoms with Crippen LogP contribution in [0.3, 0.4) is 0 Å². The molecule has 1 N–H and O–H groups in total. The minimum absolute atomic E-state index is 0.238. The highest BCUT2D eigenvalue weighted by Crippen LogP contribution is 2.41. The third-order valence-electron chi connectivity index (χ3n) is 6.87. The molecule has 192 valence electrons. The molecule has 0 fully saturated rings. The van der Waals surface area contributed by atoms with Crippen LogP contribution in [0, 0.1) is 0 Å². The van der Waals surface area contributed by atoms with Crippen LogP contribution >= 0.6 is 11.3 Å². The van der Waals surface area contributed by atoms with Crippen LogP contribution in [0.25, 0.3) is 38.2 Å². The van der Waals surface area contributed by atoms with Gasteiger partial charge in [0.1, 0.15) is 4.70 Å². The molecule has 8 heteroatoms. The molecule has 0 unspecified atom stereocenters. The second-order valence-electron chi connectivity index (χ2n) is 9.41. The van der Waals surface area contributed by atoms with Gasteiger partial charge in [0.05, 0.1) is 22.9 Å². The van der Waals surface area contributed by atoms with Gasteiger partial charge in [-0.05, 0) is 47.2 Å². The van der Waals surface area contributed by atoms with Gasteiger partial charge in [0, 0.05) is 13.5 Å². The topological polar surface area (TPSA) is 70.7 Å². The Balaban J connectivity index is 1.39. The van der Waals surface area contributed by atoms with Gasteiger partial charge in [-0.3, -0.25) is 4.55 Å². The van der Waals surface area contributed by atoms with Gasteiger partial charge in [0.2, 0.25) is 11.4 Å². The van der Waals surface area contributed by atoms with Crippen LogP contribution in [-0.2, 0) is 16.7 Å². The van der Waals surface area contributed by atoms with Crippen molar-refractivity contribution in [3.63, 3.8) is 0 Å². The molecule has 1 aliphatic heterocycles. The van der Waals surface area contributed by atoms with Crippen LogP contribution in [0.4, 0.5) is 5.69 Å². The van der Waals surface area contributed by atoms with Gasteiger partial charge >= 0.3 is 0 Å². The first-order valence-electron chi connectivity index (χ1n) is 12.5. The monoisotopic (exact) mass is 543 g/mol. The molecule has 1 aromatic heterocycles. The number of aryl methyl sites for hydroxylation is 1. The highest BCUT2D eigenvalue weighted by atomic mass is 32.2. The molecule has 0 bridgehead atoms. The first kappa shape index (κ1) is 24.6. The number of hydrogen-bond acceptors (Lipinski definition) is 5. The predicted molar refractivity (Wildman–Crippen MR) is 154 cm³/mol. The van der Waals surface area contributed by atoms with Gasteiger partial charge in [-0.2, -0.15) is 13.0 Å².